The smallest absolute Gasteiger partial charge is 0.210 e. The van der Waals surface area contributed by atoms with E-state index in [1.165, 1.54) is 32.9 Å². The lowest BCUT2D eigenvalue weighted by Crippen LogP contribution is -2.16. The van der Waals surface area contributed by atoms with Crippen LogP contribution in [0.1, 0.15) is 43.5 Å². The molecule has 14 nitrogen and oxygen atoms in total. The summed E-state index contributed by atoms with van der Waals surface area (Å²) >= 11 is 14.2. The zero-order chi connectivity index (χ0) is 41.8. The van der Waals surface area contributed by atoms with Gasteiger partial charge in [-0.3, -0.25) is 9.59 Å². The van der Waals surface area contributed by atoms with E-state index in [0.29, 0.717) is 79.3 Å². The van der Waals surface area contributed by atoms with E-state index < -0.39 is 0 Å². The first kappa shape index (κ1) is 41.9. The minimum absolute atomic E-state index is 0.0947. The van der Waals surface area contributed by atoms with E-state index in [0.717, 1.165) is 11.1 Å². The topological polar surface area (TPSA) is 185 Å². The number of halogens is 2. The largest absolute Gasteiger partial charge is 0.489 e. The molecule has 0 aliphatic rings. The molecule has 0 bridgehead atoms. The van der Waals surface area contributed by atoms with Gasteiger partial charge >= 0.3 is 0 Å². The standard InChI is InChI=1S/C42H36Cl2N8O6S2/c43-31-8-16-35(17-9-31)57-23-39-47-49-41(51(39)45)59-25-37(53)29-4-12-33(13-5-29)55-21-27-2-1-3-28(20-27)22-56-34-14-6-30(7-15-34)38(54)26-60-42-50-48-40(52(42)46)24-58-36-18-10-32(44)11-19-36/h1-20H,21-26,45-46H2. The molecule has 18 heteroatoms. The Kier molecular flexibility index (Phi) is 14.1. The molecule has 2 aromatic heterocycles. The number of thioether (sulfide) groups is 2. The number of nitrogen functional groups attached to an aromatic ring is 2. The third kappa shape index (κ3) is 11.5. The Balaban J connectivity index is 0.818. The highest BCUT2D eigenvalue weighted by atomic mass is 35.5. The highest BCUT2D eigenvalue weighted by molar-refractivity contribution is 8.00. The number of hydrogen-bond acceptors (Lipinski definition) is 14. The number of nitrogens with zero attached hydrogens (tertiary/aromatic N) is 6. The molecule has 0 saturated carbocycles. The Morgan fingerprint density at radius 2 is 0.850 bits per heavy atom. The molecule has 5 aromatic carbocycles. The summed E-state index contributed by atoms with van der Waals surface area (Å²) < 4.78 is 26.0. The second kappa shape index (κ2) is 20.2. The molecule has 2 heterocycles. The highest BCUT2D eigenvalue weighted by Crippen LogP contribution is 2.23. The van der Waals surface area contributed by atoms with Crippen molar-refractivity contribution in [1.82, 2.24) is 29.7 Å². The summed E-state index contributed by atoms with van der Waals surface area (Å²) in [6.45, 7) is 0.855. The maximum Gasteiger partial charge on any atom is 0.210 e. The van der Waals surface area contributed by atoms with Crippen molar-refractivity contribution >= 4 is 58.3 Å². The Bertz CT molecular complexity index is 2370. The molecule has 4 N–H and O–H groups in total. The Labute approximate surface area is 363 Å². The summed E-state index contributed by atoms with van der Waals surface area (Å²) in [5, 5.41) is 18.3. The minimum atomic E-state index is -0.0947. The van der Waals surface area contributed by atoms with Crippen molar-refractivity contribution < 1.29 is 28.5 Å². The van der Waals surface area contributed by atoms with Crippen LogP contribution in [-0.4, -0.2) is 52.8 Å². The fourth-order valence-electron chi connectivity index (χ4n) is 5.41. The van der Waals surface area contributed by atoms with Crippen LogP contribution in [0.3, 0.4) is 0 Å². The second-order valence-corrected chi connectivity index (χ2v) is 15.7. The number of benzene rings is 5. The number of nitrogens with two attached hydrogens (primary N) is 2. The molecule has 0 aliphatic heterocycles. The normalized spacial score (nSPS) is 11.0. The van der Waals surface area contributed by atoms with E-state index in [9.17, 15) is 9.59 Å². The summed E-state index contributed by atoms with van der Waals surface area (Å²) in [6, 6.07) is 35.7. The van der Waals surface area contributed by atoms with Crippen LogP contribution < -0.4 is 30.6 Å². The predicted molar refractivity (Wildman–Crippen MR) is 230 cm³/mol. The average molecular weight is 884 g/mol. The molecule has 0 radical (unpaired) electrons. The van der Waals surface area contributed by atoms with Crippen LogP contribution in [0.25, 0.3) is 0 Å². The molecule has 0 spiro atoms. The molecule has 7 aromatic rings. The van der Waals surface area contributed by atoms with Crippen molar-refractivity contribution in [2.75, 3.05) is 23.2 Å². The van der Waals surface area contributed by atoms with Gasteiger partial charge in [-0.25, -0.2) is 9.35 Å². The van der Waals surface area contributed by atoms with E-state index in [1.807, 2.05) is 24.3 Å². The van der Waals surface area contributed by atoms with Gasteiger partial charge in [0.05, 0.1) is 11.5 Å². The van der Waals surface area contributed by atoms with Gasteiger partial charge in [0.15, 0.2) is 23.2 Å². The van der Waals surface area contributed by atoms with Gasteiger partial charge in [-0.2, -0.15) is 0 Å². The van der Waals surface area contributed by atoms with Crippen molar-refractivity contribution in [3.05, 3.63) is 165 Å². The number of ether oxygens (including phenoxy) is 4. The molecule has 60 heavy (non-hydrogen) atoms. The maximum atomic E-state index is 12.9. The van der Waals surface area contributed by atoms with Crippen LogP contribution in [0.15, 0.2) is 132 Å². The molecule has 0 unspecified atom stereocenters. The van der Waals surface area contributed by atoms with Gasteiger partial charge in [-0.15, -0.1) is 20.4 Å². The number of hydrogen-bond donors (Lipinski definition) is 2. The van der Waals surface area contributed by atoms with Gasteiger partial charge < -0.3 is 30.6 Å². The Morgan fingerprint density at radius 1 is 0.500 bits per heavy atom. The first-order valence-electron chi connectivity index (χ1n) is 18.2. The van der Waals surface area contributed by atoms with Gasteiger partial charge in [0, 0.05) is 21.2 Å². The zero-order valence-corrected chi connectivity index (χ0v) is 34.8. The van der Waals surface area contributed by atoms with Crippen LogP contribution in [0.4, 0.5) is 0 Å². The first-order chi connectivity index (χ1) is 29.2. The first-order valence-corrected chi connectivity index (χ1v) is 20.9. The number of carbonyl (C=O) groups excluding carboxylic acids is 2. The van der Waals surface area contributed by atoms with Crippen LogP contribution in [0.2, 0.25) is 10.0 Å². The number of aromatic nitrogens is 6. The summed E-state index contributed by atoms with van der Waals surface area (Å²) in [5.74, 6) is 15.6. The maximum absolute atomic E-state index is 12.9. The monoisotopic (exact) mass is 882 g/mol. The van der Waals surface area contributed by atoms with Gasteiger partial charge in [0.2, 0.25) is 10.3 Å². The van der Waals surface area contributed by atoms with Crippen LogP contribution in [0.5, 0.6) is 23.0 Å². The number of carbonyl (C=O) groups is 2. The fourth-order valence-corrected chi connectivity index (χ4v) is 7.20. The summed E-state index contributed by atoms with van der Waals surface area (Å²) in [6.07, 6.45) is 0. The van der Waals surface area contributed by atoms with Crippen LogP contribution in [-0.2, 0) is 26.4 Å². The lowest BCUT2D eigenvalue weighted by Gasteiger charge is -2.10. The van der Waals surface area contributed by atoms with Crippen LogP contribution in [0, 0.1) is 0 Å². The van der Waals surface area contributed by atoms with E-state index >= 15 is 0 Å². The number of Topliss-reactive ketones (excluding diaryl/α,β-unsaturated/α-hetero) is 2. The molecule has 0 fully saturated rings. The zero-order valence-electron chi connectivity index (χ0n) is 31.6. The molecular formula is C42H36Cl2N8O6S2. The van der Waals surface area contributed by atoms with Crippen molar-refractivity contribution in [1.29, 1.82) is 0 Å². The number of ketones is 2. The Morgan fingerprint density at radius 3 is 1.23 bits per heavy atom. The van der Waals surface area contributed by atoms with Crippen molar-refractivity contribution in [3.8, 4) is 23.0 Å². The molecule has 306 valence electrons. The highest BCUT2D eigenvalue weighted by Gasteiger charge is 2.16. The van der Waals surface area contributed by atoms with Crippen molar-refractivity contribution in [3.63, 3.8) is 0 Å². The number of rotatable bonds is 20. The summed E-state index contributed by atoms with van der Waals surface area (Å²) in [7, 11) is 0. The molecular weight excluding hydrogens is 848 g/mol. The van der Waals surface area contributed by atoms with E-state index in [2.05, 4.69) is 20.4 Å². The van der Waals surface area contributed by atoms with E-state index in [1.54, 1.807) is 97.1 Å². The molecule has 7 rings (SSSR count). The van der Waals surface area contributed by atoms with Gasteiger partial charge in [-0.1, -0.05) is 64.9 Å². The molecule has 0 saturated heterocycles. The lowest BCUT2D eigenvalue weighted by molar-refractivity contribution is 0.101. The van der Waals surface area contributed by atoms with E-state index in [-0.39, 0.29) is 36.3 Å². The van der Waals surface area contributed by atoms with Gasteiger partial charge in [0.25, 0.3) is 0 Å². The average Bonchev–Trinajstić information content (AvgIpc) is 3.82. The quantitative estimate of drug-likeness (QED) is 0.0428. The molecule has 0 amide bonds. The fraction of sp³-hybridized carbons (Fsp3) is 0.143. The van der Waals surface area contributed by atoms with E-state index in [4.69, 9.17) is 53.8 Å². The third-order valence-electron chi connectivity index (χ3n) is 8.65. The lowest BCUT2D eigenvalue weighted by atomic mass is 10.1. The minimum Gasteiger partial charge on any atom is -0.489 e. The van der Waals surface area contributed by atoms with Gasteiger partial charge in [0.1, 0.15) is 49.4 Å². The summed E-state index contributed by atoms with van der Waals surface area (Å²) in [5.41, 5.74) is 2.96. The Hall–Kier alpha value is -6.20. The van der Waals surface area contributed by atoms with Crippen molar-refractivity contribution in [2.45, 2.75) is 36.7 Å². The second-order valence-electron chi connectivity index (χ2n) is 12.9. The predicted octanol–water partition coefficient (Wildman–Crippen LogP) is 7.87. The molecule has 0 atom stereocenters. The summed E-state index contributed by atoms with van der Waals surface area (Å²) in [4.78, 5) is 25.8. The van der Waals surface area contributed by atoms with Crippen LogP contribution >= 0.6 is 46.7 Å². The van der Waals surface area contributed by atoms with Gasteiger partial charge in [-0.05, 0) is 114 Å². The third-order valence-corrected chi connectivity index (χ3v) is 11.0. The van der Waals surface area contributed by atoms with Crippen molar-refractivity contribution in [2.24, 2.45) is 0 Å². The molecule has 0 aliphatic carbocycles. The SMILES string of the molecule is Nn1c(COc2ccc(Cl)cc2)nnc1SCC(=O)c1ccc(OCc2cccc(COc3ccc(C(=O)CSc4nnc(COc5ccc(Cl)cc5)n4N)cc3)c2)cc1.